The number of amides is 1. The quantitative estimate of drug-likeness (QED) is 0.669. The van der Waals surface area contributed by atoms with Gasteiger partial charge in [0, 0.05) is 5.56 Å². The van der Waals surface area contributed by atoms with E-state index in [1.54, 1.807) is 13.8 Å². The Kier molecular flexibility index (Phi) is 4.90. The summed E-state index contributed by atoms with van der Waals surface area (Å²) < 4.78 is 17.4. The maximum Gasteiger partial charge on any atom is 0.427 e. The molecule has 0 atom stereocenters. The van der Waals surface area contributed by atoms with Crippen LogP contribution in [0, 0.1) is 5.82 Å². The third-order valence-corrected chi connectivity index (χ3v) is 2.22. The summed E-state index contributed by atoms with van der Waals surface area (Å²) in [6.07, 6.45) is -0.648. The van der Waals surface area contributed by atoms with Crippen LogP contribution in [0.1, 0.15) is 19.4 Å². The fourth-order valence-corrected chi connectivity index (χ4v) is 1.44. The van der Waals surface area contributed by atoms with Crippen LogP contribution in [0.4, 0.5) is 9.18 Å². The number of benzene rings is 1. The summed E-state index contributed by atoms with van der Waals surface area (Å²) in [5.74, 6) is -0.426. The Morgan fingerprint density at radius 1 is 1.59 bits per heavy atom. The summed E-state index contributed by atoms with van der Waals surface area (Å²) >= 11 is 5.84. The Morgan fingerprint density at radius 3 is 2.88 bits per heavy atom. The van der Waals surface area contributed by atoms with Gasteiger partial charge in [0.15, 0.2) is 0 Å². The first-order valence-corrected chi connectivity index (χ1v) is 5.35. The van der Waals surface area contributed by atoms with Gasteiger partial charge in [0.25, 0.3) is 0 Å². The van der Waals surface area contributed by atoms with Gasteiger partial charge in [0.05, 0.1) is 17.3 Å². The standard InChI is InChI=1S/C11H12ClFN2O2/c1-3-17-11(16)15-14-7(2)9-5-4-8(13)6-10(9)12/h4-6H,3H2,1-2H3,(H,15,16)/b14-7-. The predicted octanol–water partition coefficient (Wildman–Crippen LogP) is 2.95. The molecule has 92 valence electrons. The minimum atomic E-state index is -0.648. The highest BCUT2D eigenvalue weighted by molar-refractivity contribution is 6.34. The highest BCUT2D eigenvalue weighted by atomic mass is 35.5. The van der Waals surface area contributed by atoms with E-state index < -0.39 is 11.9 Å². The van der Waals surface area contributed by atoms with E-state index in [0.29, 0.717) is 11.3 Å². The minimum Gasteiger partial charge on any atom is -0.449 e. The van der Waals surface area contributed by atoms with Gasteiger partial charge in [-0.25, -0.2) is 14.6 Å². The number of halogens is 2. The van der Waals surface area contributed by atoms with Gasteiger partial charge in [0.2, 0.25) is 0 Å². The average Bonchev–Trinajstić information content (AvgIpc) is 2.26. The van der Waals surface area contributed by atoms with Crippen LogP contribution < -0.4 is 5.43 Å². The Bertz CT molecular complexity index is 449. The van der Waals surface area contributed by atoms with Crippen molar-refractivity contribution in [3.05, 3.63) is 34.6 Å². The van der Waals surface area contributed by atoms with Crippen molar-refractivity contribution in [2.75, 3.05) is 6.61 Å². The van der Waals surface area contributed by atoms with Crippen LogP contribution in [0.2, 0.25) is 5.02 Å². The number of hydrogen-bond acceptors (Lipinski definition) is 3. The number of nitrogens with zero attached hydrogens (tertiary/aromatic N) is 1. The highest BCUT2D eigenvalue weighted by Gasteiger charge is 2.06. The van der Waals surface area contributed by atoms with Crippen molar-refractivity contribution in [2.24, 2.45) is 5.10 Å². The molecule has 4 nitrogen and oxygen atoms in total. The third kappa shape index (κ3) is 4.03. The van der Waals surface area contributed by atoms with Crippen LogP contribution in [0.3, 0.4) is 0 Å². The van der Waals surface area contributed by atoms with Crippen molar-refractivity contribution >= 4 is 23.4 Å². The molecule has 0 unspecified atom stereocenters. The number of hydrazone groups is 1. The first-order valence-electron chi connectivity index (χ1n) is 4.97. The number of rotatable bonds is 3. The fourth-order valence-electron chi connectivity index (χ4n) is 1.14. The van der Waals surface area contributed by atoms with Gasteiger partial charge in [0.1, 0.15) is 5.82 Å². The van der Waals surface area contributed by atoms with E-state index >= 15 is 0 Å². The molecule has 1 N–H and O–H groups in total. The molecule has 0 heterocycles. The predicted molar refractivity (Wildman–Crippen MR) is 63.8 cm³/mol. The van der Waals surface area contributed by atoms with Crippen molar-refractivity contribution < 1.29 is 13.9 Å². The number of ether oxygens (including phenoxy) is 1. The molecule has 0 saturated heterocycles. The number of carbonyl (C=O) groups is 1. The molecule has 0 aliphatic heterocycles. The van der Waals surface area contributed by atoms with Crippen LogP contribution in [0.5, 0.6) is 0 Å². The number of nitrogens with one attached hydrogen (secondary N) is 1. The van der Waals surface area contributed by atoms with Crippen molar-refractivity contribution in [1.29, 1.82) is 0 Å². The molecule has 0 aliphatic rings. The third-order valence-electron chi connectivity index (χ3n) is 1.91. The number of hydrogen-bond donors (Lipinski definition) is 1. The normalized spacial score (nSPS) is 11.2. The fraction of sp³-hybridized carbons (Fsp3) is 0.273. The molecule has 0 fully saturated rings. The lowest BCUT2D eigenvalue weighted by atomic mass is 10.1. The molecule has 0 saturated carbocycles. The van der Waals surface area contributed by atoms with E-state index in [-0.39, 0.29) is 11.6 Å². The molecule has 0 spiro atoms. The summed E-state index contributed by atoms with van der Waals surface area (Å²) in [5.41, 5.74) is 3.21. The molecule has 17 heavy (non-hydrogen) atoms. The van der Waals surface area contributed by atoms with Crippen LogP contribution in [0.25, 0.3) is 0 Å². The van der Waals surface area contributed by atoms with E-state index in [2.05, 4.69) is 15.3 Å². The molecule has 1 rings (SSSR count). The Labute approximate surface area is 103 Å². The zero-order valence-corrected chi connectivity index (χ0v) is 10.2. The monoisotopic (exact) mass is 258 g/mol. The molecular weight excluding hydrogens is 247 g/mol. The second kappa shape index (κ2) is 6.20. The molecule has 0 bridgehead atoms. The molecule has 1 aromatic rings. The molecule has 1 aromatic carbocycles. The van der Waals surface area contributed by atoms with Crippen LogP contribution in [-0.4, -0.2) is 18.4 Å². The van der Waals surface area contributed by atoms with Gasteiger partial charge in [-0.15, -0.1) is 0 Å². The maximum atomic E-state index is 12.8. The molecular formula is C11H12ClFN2O2. The van der Waals surface area contributed by atoms with Gasteiger partial charge < -0.3 is 4.74 Å². The van der Waals surface area contributed by atoms with Gasteiger partial charge >= 0.3 is 6.09 Å². The first-order chi connectivity index (χ1) is 8.04. The second-order valence-corrected chi connectivity index (χ2v) is 3.56. The Morgan fingerprint density at radius 2 is 2.29 bits per heavy atom. The Hall–Kier alpha value is -1.62. The van der Waals surface area contributed by atoms with E-state index in [0.717, 1.165) is 0 Å². The van der Waals surface area contributed by atoms with E-state index in [4.69, 9.17) is 11.6 Å². The summed E-state index contributed by atoms with van der Waals surface area (Å²) in [5, 5.41) is 4.02. The number of carbonyl (C=O) groups excluding carboxylic acids is 1. The van der Waals surface area contributed by atoms with Crippen molar-refractivity contribution in [3.8, 4) is 0 Å². The SMILES string of the molecule is CCOC(=O)N/N=C(/C)c1ccc(F)cc1Cl. The summed E-state index contributed by atoms with van der Waals surface area (Å²) in [6, 6.07) is 3.94. The van der Waals surface area contributed by atoms with Crippen molar-refractivity contribution in [1.82, 2.24) is 5.43 Å². The van der Waals surface area contributed by atoms with E-state index in [9.17, 15) is 9.18 Å². The van der Waals surface area contributed by atoms with Gasteiger partial charge in [-0.3, -0.25) is 0 Å². The lowest BCUT2D eigenvalue weighted by molar-refractivity contribution is 0.152. The molecule has 0 radical (unpaired) electrons. The summed E-state index contributed by atoms with van der Waals surface area (Å²) in [4.78, 5) is 11.0. The first kappa shape index (κ1) is 13.4. The van der Waals surface area contributed by atoms with Crippen LogP contribution in [-0.2, 0) is 4.74 Å². The molecule has 0 aliphatic carbocycles. The van der Waals surface area contributed by atoms with E-state index in [1.165, 1.54) is 18.2 Å². The zero-order valence-electron chi connectivity index (χ0n) is 9.46. The summed E-state index contributed by atoms with van der Waals surface area (Å²) in [7, 11) is 0. The van der Waals surface area contributed by atoms with Crippen LogP contribution >= 0.6 is 11.6 Å². The Balaban J connectivity index is 2.78. The van der Waals surface area contributed by atoms with Gasteiger partial charge in [-0.05, 0) is 32.0 Å². The molecule has 0 aromatic heterocycles. The molecule has 1 amide bonds. The smallest absolute Gasteiger partial charge is 0.427 e. The zero-order chi connectivity index (χ0) is 12.8. The van der Waals surface area contributed by atoms with Gasteiger partial charge in [-0.2, -0.15) is 5.10 Å². The van der Waals surface area contributed by atoms with E-state index in [1.807, 2.05) is 0 Å². The van der Waals surface area contributed by atoms with Crippen molar-refractivity contribution in [2.45, 2.75) is 13.8 Å². The topological polar surface area (TPSA) is 50.7 Å². The maximum absolute atomic E-state index is 12.8. The highest BCUT2D eigenvalue weighted by Crippen LogP contribution is 2.17. The minimum absolute atomic E-state index is 0.233. The summed E-state index contributed by atoms with van der Waals surface area (Å²) in [6.45, 7) is 3.59. The lowest BCUT2D eigenvalue weighted by Crippen LogP contribution is -2.20. The second-order valence-electron chi connectivity index (χ2n) is 3.15. The van der Waals surface area contributed by atoms with Gasteiger partial charge in [-0.1, -0.05) is 11.6 Å². The lowest BCUT2D eigenvalue weighted by Gasteiger charge is -2.04. The van der Waals surface area contributed by atoms with Crippen molar-refractivity contribution in [3.63, 3.8) is 0 Å². The molecule has 6 heteroatoms. The van der Waals surface area contributed by atoms with Crippen LogP contribution in [0.15, 0.2) is 23.3 Å². The largest absolute Gasteiger partial charge is 0.449 e. The average molecular weight is 259 g/mol.